The molecular formula is CH2NaO7PZn. The van der Waals surface area contributed by atoms with Crippen LogP contribution in [0.2, 0.25) is 0 Å². The second-order valence-corrected chi connectivity index (χ2v) is 1.67. The molecule has 0 aromatic rings. The van der Waals surface area contributed by atoms with E-state index in [0.717, 1.165) is 0 Å². The molecule has 56 valence electrons. The Kier molecular flexibility index (Phi) is 22.7. The third-order valence-electron chi connectivity index (χ3n) is 0. The first-order chi connectivity index (χ1) is 3.73. The minimum absolute atomic E-state index is 0. The molecule has 0 spiro atoms. The van der Waals surface area contributed by atoms with E-state index in [1.165, 1.54) is 0 Å². The maximum Gasteiger partial charge on any atom is 2.00 e. The topological polar surface area (TPSA) is 144 Å². The normalized spacial score (nSPS) is 7.55. The van der Waals surface area contributed by atoms with Crippen molar-refractivity contribution < 1.29 is 83.3 Å². The zero-order chi connectivity index (χ0) is 8.08. The number of rotatable bonds is 0. The predicted molar refractivity (Wildman–Crippen MR) is 17.9 cm³/mol. The summed E-state index contributed by atoms with van der Waals surface area (Å²) in [4.78, 5) is 32.7. The number of hydrogen-bond acceptors (Lipinski definition) is 5. The van der Waals surface area contributed by atoms with Gasteiger partial charge in [-0.3, -0.25) is 0 Å². The van der Waals surface area contributed by atoms with E-state index in [2.05, 4.69) is 0 Å². The van der Waals surface area contributed by atoms with Gasteiger partial charge in [-0.25, -0.2) is 0 Å². The van der Waals surface area contributed by atoms with E-state index in [9.17, 15) is 0 Å². The van der Waals surface area contributed by atoms with E-state index < -0.39 is 14.0 Å². The van der Waals surface area contributed by atoms with E-state index >= 15 is 0 Å². The molecule has 0 saturated carbocycles. The third kappa shape index (κ3) is 886. The second-order valence-electron chi connectivity index (χ2n) is 0.734. The fourth-order valence-corrected chi connectivity index (χ4v) is 0. The van der Waals surface area contributed by atoms with Crippen LogP contribution in [0.4, 0.5) is 4.79 Å². The van der Waals surface area contributed by atoms with Crippen LogP contribution < -0.4 is 44.5 Å². The molecule has 0 radical (unpaired) electrons. The minimum atomic E-state index is -5.14. The van der Waals surface area contributed by atoms with Gasteiger partial charge in [0.25, 0.3) is 0 Å². The molecule has 0 atom stereocenters. The van der Waals surface area contributed by atoms with Gasteiger partial charge in [-0.05, 0) is 0 Å². The quantitative estimate of drug-likeness (QED) is 0.319. The van der Waals surface area contributed by atoms with E-state index in [-0.39, 0.29) is 49.0 Å². The van der Waals surface area contributed by atoms with E-state index in [1.807, 2.05) is 0 Å². The molecule has 0 unspecified atom stereocenters. The first-order valence-electron chi connectivity index (χ1n) is 1.38. The zero-order valence-corrected chi connectivity index (χ0v) is 11.5. The van der Waals surface area contributed by atoms with Crippen LogP contribution in [0.1, 0.15) is 0 Å². The largest absolute Gasteiger partial charge is 2.00 e. The van der Waals surface area contributed by atoms with Crippen molar-refractivity contribution in [3.05, 3.63) is 0 Å². The Balaban J connectivity index is -0.0000000383. The van der Waals surface area contributed by atoms with Gasteiger partial charge in [0, 0.05) is 0 Å². The SMILES string of the molecule is O=C([O-])O.O=P([O-])([O-])O.[Na+].[Zn+2]. The molecule has 0 aromatic carbocycles. The van der Waals surface area contributed by atoms with Crippen molar-refractivity contribution in [1.82, 2.24) is 0 Å². The van der Waals surface area contributed by atoms with Crippen LogP contribution in [-0.4, -0.2) is 16.2 Å². The number of phosphoric acid groups is 1. The molecule has 0 amide bonds. The van der Waals surface area contributed by atoms with Crippen molar-refractivity contribution >= 4 is 14.0 Å². The van der Waals surface area contributed by atoms with Crippen LogP contribution in [0.3, 0.4) is 0 Å². The number of carbonyl (C=O) groups is 1. The van der Waals surface area contributed by atoms with Gasteiger partial charge in [0.1, 0.15) is 0 Å². The van der Waals surface area contributed by atoms with E-state index in [4.69, 9.17) is 34.3 Å². The standard InChI is InChI=1S/CH2O3.Na.H3O4P.Zn/c2-1(3)4;;1-5(2,3)4;/h(H2,2,3,4);;(H3,1,2,3,4);/q;+1;;+2/p-3. The maximum atomic E-state index is 8.66. The monoisotopic (exact) mass is 244 g/mol. The Morgan fingerprint density at radius 3 is 1.36 bits per heavy atom. The Bertz CT molecular complexity index is 118. The molecule has 7 nitrogen and oxygen atoms in total. The molecule has 0 fully saturated rings. The Hall–Kier alpha value is 1.00. The molecule has 0 heterocycles. The van der Waals surface area contributed by atoms with Crippen LogP contribution >= 0.6 is 7.82 Å². The molecule has 0 aromatic heterocycles. The summed E-state index contributed by atoms with van der Waals surface area (Å²) < 4.78 is 8.66. The van der Waals surface area contributed by atoms with Gasteiger partial charge < -0.3 is 34.3 Å². The smallest absolute Gasteiger partial charge is 0.790 e. The van der Waals surface area contributed by atoms with E-state index in [0.29, 0.717) is 0 Å². The summed E-state index contributed by atoms with van der Waals surface area (Å²) in [7, 11) is -5.14. The predicted octanol–water partition coefficient (Wildman–Crippen LogP) is -6.30. The van der Waals surface area contributed by atoms with Crippen molar-refractivity contribution in [2.24, 2.45) is 0 Å². The molecular weight excluding hydrogens is 243 g/mol. The summed E-state index contributed by atoms with van der Waals surface area (Å²) in [6.45, 7) is 0. The van der Waals surface area contributed by atoms with Gasteiger partial charge in [0.15, 0.2) is 0 Å². The van der Waals surface area contributed by atoms with Crippen LogP contribution in [-0.2, 0) is 24.0 Å². The maximum absolute atomic E-state index is 8.66. The summed E-state index contributed by atoms with van der Waals surface area (Å²) in [6, 6.07) is 0. The number of carboxylic acid groups (broad SMARTS) is 2. The average molecular weight is 245 g/mol. The number of hydrogen-bond donors (Lipinski definition) is 2. The molecule has 10 heteroatoms. The van der Waals surface area contributed by atoms with Gasteiger partial charge in [0.2, 0.25) is 6.16 Å². The molecule has 11 heavy (non-hydrogen) atoms. The minimum Gasteiger partial charge on any atom is -0.790 e. The van der Waals surface area contributed by atoms with Crippen LogP contribution in [0.5, 0.6) is 0 Å². The summed E-state index contributed by atoms with van der Waals surface area (Å²) >= 11 is 0. The zero-order valence-electron chi connectivity index (χ0n) is 5.59. The first-order valence-corrected chi connectivity index (χ1v) is 2.88. The molecule has 0 rings (SSSR count). The van der Waals surface area contributed by atoms with Gasteiger partial charge in [-0.15, -0.1) is 0 Å². The Morgan fingerprint density at radius 2 is 1.36 bits per heavy atom. The van der Waals surface area contributed by atoms with Crippen LogP contribution in [0, 0.1) is 0 Å². The van der Waals surface area contributed by atoms with Crippen molar-refractivity contribution in [2.45, 2.75) is 0 Å². The summed E-state index contributed by atoms with van der Waals surface area (Å²) in [5.74, 6) is 0. The van der Waals surface area contributed by atoms with Crippen molar-refractivity contribution in [3.8, 4) is 0 Å². The summed E-state index contributed by atoms with van der Waals surface area (Å²) in [5.41, 5.74) is 0. The van der Waals surface area contributed by atoms with Gasteiger partial charge in [0.05, 0.1) is 7.82 Å². The van der Waals surface area contributed by atoms with Gasteiger partial charge in [-0.1, -0.05) is 0 Å². The Morgan fingerprint density at radius 1 is 1.36 bits per heavy atom. The van der Waals surface area contributed by atoms with Crippen LogP contribution in [0.25, 0.3) is 0 Å². The molecule has 0 aliphatic rings. The van der Waals surface area contributed by atoms with Gasteiger partial charge >= 0.3 is 49.0 Å². The third-order valence-corrected chi connectivity index (χ3v) is 0. The van der Waals surface area contributed by atoms with Crippen LogP contribution in [0.15, 0.2) is 0 Å². The first kappa shape index (κ1) is 22.7. The molecule has 0 saturated heterocycles. The molecule has 0 aliphatic carbocycles. The fraction of sp³-hybridized carbons (Fsp3) is 0. The van der Waals surface area contributed by atoms with Crippen molar-refractivity contribution in [1.29, 1.82) is 0 Å². The van der Waals surface area contributed by atoms with Gasteiger partial charge in [-0.2, -0.15) is 0 Å². The Labute approximate surface area is 96.7 Å². The van der Waals surface area contributed by atoms with Crippen molar-refractivity contribution in [2.75, 3.05) is 0 Å². The fourth-order valence-electron chi connectivity index (χ4n) is 0. The average Bonchev–Trinajstić information content (AvgIpc) is 1.19. The molecule has 2 N–H and O–H groups in total. The second kappa shape index (κ2) is 11.0. The molecule has 0 aliphatic heterocycles. The van der Waals surface area contributed by atoms with E-state index in [1.54, 1.807) is 0 Å². The summed E-state index contributed by atoms with van der Waals surface area (Å²) in [6.07, 6.45) is -2.08. The molecule has 0 bridgehead atoms. The van der Waals surface area contributed by atoms with Crippen molar-refractivity contribution in [3.63, 3.8) is 0 Å². The summed E-state index contributed by atoms with van der Waals surface area (Å²) in [5, 5.41) is 15.3.